The Hall–Kier alpha value is -3.26. The smallest absolute Gasteiger partial charge is 0.261 e. The molecule has 0 saturated heterocycles. The number of sulfonamides is 1. The predicted molar refractivity (Wildman–Crippen MR) is 105 cm³/mol. The summed E-state index contributed by atoms with van der Waals surface area (Å²) in [5.41, 5.74) is 2.37. The van der Waals surface area contributed by atoms with Crippen LogP contribution >= 0.6 is 0 Å². The molecule has 0 radical (unpaired) electrons. The summed E-state index contributed by atoms with van der Waals surface area (Å²) in [7, 11) is -3.87. The highest BCUT2D eigenvalue weighted by Gasteiger charge is 2.16. The minimum Gasteiger partial charge on any atom is -0.320 e. The van der Waals surface area contributed by atoms with Crippen molar-refractivity contribution in [3.05, 3.63) is 83.4 Å². The van der Waals surface area contributed by atoms with Gasteiger partial charge in [-0.25, -0.2) is 12.8 Å². The van der Waals surface area contributed by atoms with Crippen LogP contribution in [0.4, 0.5) is 15.8 Å². The van der Waals surface area contributed by atoms with E-state index in [1.165, 1.54) is 43.3 Å². The number of halogens is 1. The molecule has 0 atom stereocenters. The first-order valence-electron chi connectivity index (χ1n) is 8.37. The minimum absolute atomic E-state index is 0.0414. The number of aryl methyl sites for hydroxylation is 2. The molecule has 0 spiro atoms. The molecule has 0 aliphatic heterocycles. The van der Waals surface area contributed by atoms with E-state index >= 15 is 0 Å². The molecule has 1 heterocycles. The molecular formula is C20H18FN3O3S. The van der Waals surface area contributed by atoms with Gasteiger partial charge in [0.25, 0.3) is 15.9 Å². The van der Waals surface area contributed by atoms with Gasteiger partial charge in [-0.05, 0) is 73.5 Å². The van der Waals surface area contributed by atoms with Crippen molar-refractivity contribution in [1.29, 1.82) is 0 Å². The van der Waals surface area contributed by atoms with Crippen molar-refractivity contribution in [2.24, 2.45) is 0 Å². The predicted octanol–water partition coefficient (Wildman–Crippen LogP) is 3.89. The topological polar surface area (TPSA) is 88.2 Å². The Morgan fingerprint density at radius 3 is 2.36 bits per heavy atom. The molecule has 0 saturated carbocycles. The van der Waals surface area contributed by atoms with Gasteiger partial charge in [0.2, 0.25) is 0 Å². The van der Waals surface area contributed by atoms with E-state index in [0.29, 0.717) is 11.3 Å². The molecule has 8 heteroatoms. The number of aromatic nitrogens is 1. The lowest BCUT2D eigenvalue weighted by atomic mass is 10.2. The lowest BCUT2D eigenvalue weighted by Crippen LogP contribution is -2.15. The number of amides is 1. The van der Waals surface area contributed by atoms with Crippen LogP contribution in [0, 0.1) is 19.7 Å². The SMILES string of the molecule is Cc1cc(S(=O)(=O)Nc2ccc(C(=O)Nc3cnccc3C)cc2)ccc1F. The summed E-state index contributed by atoms with van der Waals surface area (Å²) in [5, 5.41) is 2.76. The van der Waals surface area contributed by atoms with Crippen molar-refractivity contribution in [2.45, 2.75) is 18.7 Å². The number of nitrogens with one attached hydrogen (secondary N) is 2. The fourth-order valence-corrected chi connectivity index (χ4v) is 3.62. The second-order valence-electron chi connectivity index (χ2n) is 6.24. The maximum atomic E-state index is 13.4. The number of nitrogens with zero attached hydrogens (tertiary/aromatic N) is 1. The molecule has 1 aromatic heterocycles. The van der Waals surface area contributed by atoms with E-state index in [-0.39, 0.29) is 22.1 Å². The molecular weight excluding hydrogens is 381 g/mol. The Balaban J connectivity index is 1.74. The average Bonchev–Trinajstić information content (AvgIpc) is 2.66. The molecule has 0 aliphatic carbocycles. The van der Waals surface area contributed by atoms with Gasteiger partial charge in [0.1, 0.15) is 5.82 Å². The first-order chi connectivity index (χ1) is 13.3. The van der Waals surface area contributed by atoms with Crippen LogP contribution in [0.3, 0.4) is 0 Å². The maximum Gasteiger partial charge on any atom is 0.261 e. The molecule has 6 nitrogen and oxygen atoms in total. The zero-order valence-corrected chi connectivity index (χ0v) is 16.0. The Kier molecular flexibility index (Phi) is 5.41. The quantitative estimate of drug-likeness (QED) is 0.681. The summed E-state index contributed by atoms with van der Waals surface area (Å²) >= 11 is 0. The average molecular weight is 399 g/mol. The van der Waals surface area contributed by atoms with Crippen LogP contribution in [0.1, 0.15) is 21.5 Å². The Labute approximate surface area is 162 Å². The molecule has 1 amide bonds. The van der Waals surface area contributed by atoms with Crippen LogP contribution in [-0.2, 0) is 10.0 Å². The van der Waals surface area contributed by atoms with Gasteiger partial charge in [-0.2, -0.15) is 0 Å². The van der Waals surface area contributed by atoms with Gasteiger partial charge in [0.05, 0.1) is 16.8 Å². The molecule has 0 aliphatic rings. The molecule has 144 valence electrons. The fourth-order valence-electron chi connectivity index (χ4n) is 2.48. The summed E-state index contributed by atoms with van der Waals surface area (Å²) in [6.07, 6.45) is 3.19. The maximum absolute atomic E-state index is 13.4. The minimum atomic E-state index is -3.87. The van der Waals surface area contributed by atoms with Gasteiger partial charge >= 0.3 is 0 Å². The Morgan fingerprint density at radius 1 is 1.00 bits per heavy atom. The van der Waals surface area contributed by atoms with Crippen molar-refractivity contribution in [1.82, 2.24) is 4.98 Å². The fraction of sp³-hybridized carbons (Fsp3) is 0.100. The second-order valence-corrected chi connectivity index (χ2v) is 7.92. The third-order valence-corrected chi connectivity index (χ3v) is 5.51. The number of pyridine rings is 1. The number of anilines is 2. The summed E-state index contributed by atoms with van der Waals surface area (Å²) in [6, 6.07) is 11.3. The van der Waals surface area contributed by atoms with Gasteiger partial charge in [-0.1, -0.05) is 0 Å². The van der Waals surface area contributed by atoms with Crippen molar-refractivity contribution in [3.63, 3.8) is 0 Å². The number of hydrogen-bond donors (Lipinski definition) is 2. The standard InChI is InChI=1S/C20H18FN3O3S/c1-13-9-10-22-12-19(13)23-20(25)15-3-5-16(6-4-15)24-28(26,27)17-7-8-18(21)14(2)11-17/h3-12,24H,1-2H3,(H,23,25). The zero-order chi connectivity index (χ0) is 20.3. The molecule has 3 aromatic rings. The highest BCUT2D eigenvalue weighted by atomic mass is 32.2. The van der Waals surface area contributed by atoms with Gasteiger partial charge in [-0.3, -0.25) is 14.5 Å². The van der Waals surface area contributed by atoms with E-state index in [2.05, 4.69) is 15.0 Å². The van der Waals surface area contributed by atoms with Crippen molar-refractivity contribution < 1.29 is 17.6 Å². The summed E-state index contributed by atoms with van der Waals surface area (Å²) < 4.78 is 40.7. The highest BCUT2D eigenvalue weighted by molar-refractivity contribution is 7.92. The number of carbonyl (C=O) groups excluding carboxylic acids is 1. The van der Waals surface area contributed by atoms with Crippen molar-refractivity contribution in [2.75, 3.05) is 10.0 Å². The molecule has 0 bridgehead atoms. The van der Waals surface area contributed by atoms with Gasteiger partial charge < -0.3 is 5.32 Å². The third kappa shape index (κ3) is 4.34. The molecule has 28 heavy (non-hydrogen) atoms. The second kappa shape index (κ2) is 7.77. The largest absolute Gasteiger partial charge is 0.320 e. The Morgan fingerprint density at radius 2 is 1.71 bits per heavy atom. The van der Waals surface area contributed by atoms with Crippen LogP contribution in [0.15, 0.2) is 65.8 Å². The number of benzene rings is 2. The van der Waals surface area contributed by atoms with E-state index < -0.39 is 15.8 Å². The monoisotopic (exact) mass is 399 g/mol. The van der Waals surface area contributed by atoms with E-state index in [0.717, 1.165) is 11.6 Å². The van der Waals surface area contributed by atoms with Crippen LogP contribution in [0.2, 0.25) is 0 Å². The lowest BCUT2D eigenvalue weighted by Gasteiger charge is -2.10. The molecule has 0 fully saturated rings. The van der Waals surface area contributed by atoms with E-state index in [1.807, 2.05) is 6.92 Å². The van der Waals surface area contributed by atoms with E-state index in [1.54, 1.807) is 18.5 Å². The summed E-state index contributed by atoms with van der Waals surface area (Å²) in [6.45, 7) is 3.35. The normalized spacial score (nSPS) is 11.1. The molecule has 2 N–H and O–H groups in total. The molecule has 3 rings (SSSR count). The summed E-state index contributed by atoms with van der Waals surface area (Å²) in [4.78, 5) is 16.3. The number of carbonyl (C=O) groups is 1. The lowest BCUT2D eigenvalue weighted by molar-refractivity contribution is 0.102. The number of rotatable bonds is 5. The number of hydrogen-bond acceptors (Lipinski definition) is 4. The first-order valence-corrected chi connectivity index (χ1v) is 9.85. The summed E-state index contributed by atoms with van der Waals surface area (Å²) in [5.74, 6) is -0.808. The van der Waals surface area contributed by atoms with E-state index in [9.17, 15) is 17.6 Å². The van der Waals surface area contributed by atoms with Gasteiger partial charge in [0.15, 0.2) is 0 Å². The van der Waals surface area contributed by atoms with Crippen LogP contribution in [0.25, 0.3) is 0 Å². The first kappa shape index (κ1) is 19.5. The van der Waals surface area contributed by atoms with Gasteiger partial charge in [0, 0.05) is 17.4 Å². The van der Waals surface area contributed by atoms with Crippen molar-refractivity contribution >= 4 is 27.3 Å². The highest BCUT2D eigenvalue weighted by Crippen LogP contribution is 2.20. The zero-order valence-electron chi connectivity index (χ0n) is 15.2. The van der Waals surface area contributed by atoms with Crippen LogP contribution < -0.4 is 10.0 Å². The third-order valence-electron chi connectivity index (χ3n) is 4.13. The molecule has 0 unspecified atom stereocenters. The Bertz CT molecular complexity index is 1130. The van der Waals surface area contributed by atoms with Gasteiger partial charge in [-0.15, -0.1) is 0 Å². The molecule has 2 aromatic carbocycles. The van der Waals surface area contributed by atoms with Crippen molar-refractivity contribution in [3.8, 4) is 0 Å². The van der Waals surface area contributed by atoms with E-state index in [4.69, 9.17) is 0 Å². The van der Waals surface area contributed by atoms with Crippen LogP contribution in [-0.4, -0.2) is 19.3 Å². The van der Waals surface area contributed by atoms with Crippen LogP contribution in [0.5, 0.6) is 0 Å².